The Morgan fingerprint density at radius 3 is 2.55 bits per heavy atom. The van der Waals surface area contributed by atoms with Gasteiger partial charge in [0.25, 0.3) is 0 Å². The Bertz CT molecular complexity index is 663. The summed E-state index contributed by atoms with van der Waals surface area (Å²) < 4.78 is 5.19. The van der Waals surface area contributed by atoms with Gasteiger partial charge in [0, 0.05) is 17.0 Å². The van der Waals surface area contributed by atoms with Crippen molar-refractivity contribution < 1.29 is 4.74 Å². The molecule has 1 heterocycles. The summed E-state index contributed by atoms with van der Waals surface area (Å²) in [5, 5.41) is 16.2. The van der Waals surface area contributed by atoms with Gasteiger partial charge in [-0.2, -0.15) is 5.26 Å². The molecule has 1 aliphatic carbocycles. The molecule has 0 amide bonds. The van der Waals surface area contributed by atoms with Crippen molar-refractivity contribution in [3.05, 3.63) is 35.2 Å². The Morgan fingerprint density at radius 1 is 1.18 bits per heavy atom. The predicted molar refractivity (Wildman–Crippen MR) is 91.5 cm³/mol. The van der Waals surface area contributed by atoms with Crippen LogP contribution in [0.4, 0.5) is 5.00 Å². The summed E-state index contributed by atoms with van der Waals surface area (Å²) in [6, 6.07) is 10.8. The van der Waals surface area contributed by atoms with Crippen molar-refractivity contribution in [1.82, 2.24) is 0 Å². The molecule has 114 valence electrons. The van der Waals surface area contributed by atoms with Crippen LogP contribution in [-0.2, 0) is 0 Å². The second-order valence-corrected chi connectivity index (χ2v) is 6.55. The van der Waals surface area contributed by atoms with Gasteiger partial charge in [0.05, 0.1) is 12.7 Å². The lowest BCUT2D eigenvalue weighted by molar-refractivity contribution is 0.415. The fourth-order valence-corrected chi connectivity index (χ4v) is 3.99. The highest BCUT2D eigenvalue weighted by Crippen LogP contribution is 2.37. The molecule has 1 aliphatic rings. The molecule has 1 fully saturated rings. The first kappa shape index (κ1) is 14.9. The molecule has 2 aromatic rings. The first-order valence-corrected chi connectivity index (χ1v) is 8.62. The number of ether oxygens (including phenoxy) is 1. The maximum Gasteiger partial charge on any atom is 0.118 e. The number of hydrogen-bond donors (Lipinski definition) is 1. The summed E-state index contributed by atoms with van der Waals surface area (Å²) in [6.45, 7) is 0. The summed E-state index contributed by atoms with van der Waals surface area (Å²) >= 11 is 1.63. The van der Waals surface area contributed by atoms with Gasteiger partial charge in [0.15, 0.2) is 0 Å². The van der Waals surface area contributed by atoms with Gasteiger partial charge >= 0.3 is 0 Å². The molecule has 1 N–H and O–H groups in total. The maximum absolute atomic E-state index is 9.57. The van der Waals surface area contributed by atoms with E-state index in [0.29, 0.717) is 6.04 Å². The SMILES string of the molecule is COc1ccc(-c2csc(NC3CCCCC3)c2C#N)cc1. The van der Waals surface area contributed by atoms with Crippen LogP contribution >= 0.6 is 11.3 Å². The van der Waals surface area contributed by atoms with Crippen molar-refractivity contribution in [2.24, 2.45) is 0 Å². The average Bonchev–Trinajstić information content (AvgIpc) is 2.98. The van der Waals surface area contributed by atoms with Crippen molar-refractivity contribution in [3.8, 4) is 22.9 Å². The largest absolute Gasteiger partial charge is 0.497 e. The molecule has 1 aromatic carbocycles. The second-order valence-electron chi connectivity index (χ2n) is 5.67. The van der Waals surface area contributed by atoms with E-state index < -0.39 is 0 Å². The zero-order valence-corrected chi connectivity index (χ0v) is 13.6. The molecule has 1 saturated carbocycles. The van der Waals surface area contributed by atoms with Gasteiger partial charge in [-0.25, -0.2) is 0 Å². The zero-order chi connectivity index (χ0) is 15.4. The van der Waals surface area contributed by atoms with E-state index in [2.05, 4.69) is 16.8 Å². The number of hydrogen-bond acceptors (Lipinski definition) is 4. The van der Waals surface area contributed by atoms with E-state index in [4.69, 9.17) is 4.74 Å². The number of nitrogens with one attached hydrogen (secondary N) is 1. The summed E-state index contributed by atoms with van der Waals surface area (Å²) in [7, 11) is 1.66. The fourth-order valence-electron chi connectivity index (χ4n) is 2.99. The Balaban J connectivity index is 1.84. The van der Waals surface area contributed by atoms with E-state index in [9.17, 15) is 5.26 Å². The molecule has 3 rings (SSSR count). The minimum Gasteiger partial charge on any atom is -0.497 e. The van der Waals surface area contributed by atoms with Gasteiger partial charge in [0.1, 0.15) is 16.8 Å². The number of methoxy groups -OCH3 is 1. The third-order valence-corrected chi connectivity index (χ3v) is 5.16. The van der Waals surface area contributed by atoms with Crippen molar-refractivity contribution in [2.45, 2.75) is 38.1 Å². The van der Waals surface area contributed by atoms with Crippen LogP contribution in [0.25, 0.3) is 11.1 Å². The molecule has 0 spiro atoms. The maximum atomic E-state index is 9.57. The molecule has 1 aromatic heterocycles. The first-order valence-electron chi connectivity index (χ1n) is 7.74. The summed E-state index contributed by atoms with van der Waals surface area (Å²) in [5.41, 5.74) is 2.83. The van der Waals surface area contributed by atoms with Crippen molar-refractivity contribution in [2.75, 3.05) is 12.4 Å². The van der Waals surface area contributed by atoms with Crippen LogP contribution in [0.1, 0.15) is 37.7 Å². The van der Waals surface area contributed by atoms with Gasteiger partial charge in [0.2, 0.25) is 0 Å². The molecule has 22 heavy (non-hydrogen) atoms. The van der Waals surface area contributed by atoms with Crippen LogP contribution in [0.15, 0.2) is 29.6 Å². The van der Waals surface area contributed by atoms with E-state index in [1.54, 1.807) is 18.4 Å². The topological polar surface area (TPSA) is 45.0 Å². The fraction of sp³-hybridized carbons (Fsp3) is 0.389. The minimum atomic E-state index is 0.517. The van der Waals surface area contributed by atoms with Crippen LogP contribution in [-0.4, -0.2) is 13.2 Å². The van der Waals surface area contributed by atoms with Crippen molar-refractivity contribution in [3.63, 3.8) is 0 Å². The van der Waals surface area contributed by atoms with Crippen molar-refractivity contribution >= 4 is 16.3 Å². The molecule has 0 bridgehead atoms. The molecular formula is C18H20N2OS. The third kappa shape index (κ3) is 3.10. The van der Waals surface area contributed by atoms with E-state index in [0.717, 1.165) is 27.4 Å². The smallest absolute Gasteiger partial charge is 0.118 e. The van der Waals surface area contributed by atoms with E-state index in [-0.39, 0.29) is 0 Å². The standard InChI is InChI=1S/C18H20N2OS/c1-21-15-9-7-13(8-10-15)17-12-22-18(16(17)11-19)20-14-5-3-2-4-6-14/h7-10,12,14,20H,2-6H2,1H3. The highest BCUT2D eigenvalue weighted by molar-refractivity contribution is 7.15. The van der Waals surface area contributed by atoms with Gasteiger partial charge < -0.3 is 10.1 Å². The molecule has 4 heteroatoms. The van der Waals surface area contributed by atoms with Crippen molar-refractivity contribution in [1.29, 1.82) is 5.26 Å². The second kappa shape index (κ2) is 6.85. The van der Waals surface area contributed by atoms with Crippen LogP contribution in [0, 0.1) is 11.3 Å². The van der Waals surface area contributed by atoms with E-state index in [1.165, 1.54) is 32.1 Å². The lowest BCUT2D eigenvalue weighted by Gasteiger charge is -2.23. The molecule has 0 atom stereocenters. The normalized spacial score (nSPS) is 15.3. The summed E-state index contributed by atoms with van der Waals surface area (Å²) in [4.78, 5) is 0. The molecule has 0 unspecified atom stereocenters. The number of nitriles is 1. The van der Waals surface area contributed by atoms with Crippen LogP contribution in [0.3, 0.4) is 0 Å². The number of nitrogens with zero attached hydrogens (tertiary/aromatic N) is 1. The number of rotatable bonds is 4. The number of thiophene rings is 1. The molecular weight excluding hydrogens is 292 g/mol. The van der Waals surface area contributed by atoms with Gasteiger partial charge in [-0.3, -0.25) is 0 Å². The highest BCUT2D eigenvalue weighted by atomic mass is 32.1. The van der Waals surface area contributed by atoms with Gasteiger partial charge in [-0.1, -0.05) is 31.4 Å². The Hall–Kier alpha value is -1.99. The van der Waals surface area contributed by atoms with Crippen LogP contribution < -0.4 is 10.1 Å². The predicted octanol–water partition coefficient (Wildman–Crippen LogP) is 5.04. The van der Waals surface area contributed by atoms with E-state index in [1.807, 2.05) is 24.3 Å². The Morgan fingerprint density at radius 2 is 1.91 bits per heavy atom. The third-order valence-electron chi connectivity index (χ3n) is 4.24. The highest BCUT2D eigenvalue weighted by Gasteiger charge is 2.18. The lowest BCUT2D eigenvalue weighted by atomic mass is 9.95. The lowest BCUT2D eigenvalue weighted by Crippen LogP contribution is -2.22. The van der Waals surface area contributed by atoms with E-state index >= 15 is 0 Å². The average molecular weight is 312 g/mol. The molecule has 0 radical (unpaired) electrons. The number of anilines is 1. The summed E-state index contributed by atoms with van der Waals surface area (Å²) in [5.74, 6) is 0.832. The monoisotopic (exact) mass is 312 g/mol. The van der Waals surface area contributed by atoms with Crippen LogP contribution in [0.5, 0.6) is 5.75 Å². The Kier molecular flexibility index (Phi) is 4.65. The van der Waals surface area contributed by atoms with Gasteiger partial charge in [-0.05, 0) is 30.5 Å². The Labute approximate surface area is 135 Å². The summed E-state index contributed by atoms with van der Waals surface area (Å²) in [6.07, 6.45) is 6.33. The molecule has 0 saturated heterocycles. The van der Waals surface area contributed by atoms with Gasteiger partial charge in [-0.15, -0.1) is 11.3 Å². The molecule has 0 aliphatic heterocycles. The van der Waals surface area contributed by atoms with Crippen LogP contribution in [0.2, 0.25) is 0 Å². The minimum absolute atomic E-state index is 0.517. The first-order chi connectivity index (χ1) is 10.8. The number of benzene rings is 1. The quantitative estimate of drug-likeness (QED) is 0.860. The zero-order valence-electron chi connectivity index (χ0n) is 12.8. The molecule has 3 nitrogen and oxygen atoms in total.